The lowest BCUT2D eigenvalue weighted by molar-refractivity contribution is -0.151. The van der Waals surface area contributed by atoms with Crippen molar-refractivity contribution in [2.45, 2.75) is 236 Å². The molecule has 15 rings (SSSR count). The number of esters is 3. The van der Waals surface area contributed by atoms with Crippen LogP contribution in [-0.4, -0.2) is 136 Å². The average Bonchev–Trinajstić information content (AvgIpc) is 1.11. The molecule has 1 unspecified atom stereocenters. The van der Waals surface area contributed by atoms with Crippen LogP contribution in [0.2, 0.25) is 0 Å². The molecule has 0 saturated carbocycles. The minimum atomic E-state index is -0.861. The van der Waals surface area contributed by atoms with Crippen molar-refractivity contribution in [3.63, 3.8) is 0 Å². The van der Waals surface area contributed by atoms with Gasteiger partial charge in [-0.15, -0.1) is 15.3 Å². The zero-order chi connectivity index (χ0) is 88.8. The smallest absolute Gasteiger partial charge is 0.312 e. The van der Waals surface area contributed by atoms with Gasteiger partial charge in [0.05, 0.1) is 55.6 Å². The molecule has 3 aromatic heterocycles. The lowest BCUT2D eigenvalue weighted by Gasteiger charge is -2.35. The van der Waals surface area contributed by atoms with Crippen LogP contribution in [0.4, 0.5) is 0 Å². The summed E-state index contributed by atoms with van der Waals surface area (Å²) in [6.07, 6.45) is 2.61. The third-order valence-electron chi connectivity index (χ3n) is 27.4. The molecule has 0 N–H and O–H groups in total. The number of aromatic nitrogens is 9. The molecule has 6 heterocycles. The molecule has 4 atom stereocenters. The van der Waals surface area contributed by atoms with Crippen LogP contribution in [-0.2, 0) is 87.1 Å². The zero-order valence-electron chi connectivity index (χ0n) is 76.4. The minimum absolute atomic E-state index is 0. The number of amides is 3. The van der Waals surface area contributed by atoms with E-state index in [0.29, 0.717) is 39.3 Å². The number of hydrogen-bond acceptors (Lipinski definition) is 15. The molecule has 3 aliphatic heterocycles. The molecule has 3 amide bonds. The lowest BCUT2D eigenvalue weighted by Crippen LogP contribution is -2.37. The Morgan fingerprint density at radius 1 is 0.387 bits per heavy atom. The van der Waals surface area contributed by atoms with Gasteiger partial charge in [-0.05, 0) is 326 Å². The molecule has 0 spiro atoms. The molecule has 9 aromatic carbocycles. The van der Waals surface area contributed by atoms with Crippen LogP contribution < -0.4 is 0 Å². The molecule has 0 radical (unpaired) electrons. The molecule has 3 aliphatic rings. The van der Waals surface area contributed by atoms with Gasteiger partial charge in [0, 0.05) is 93.3 Å². The summed E-state index contributed by atoms with van der Waals surface area (Å²) in [6.45, 7) is 48.6. The summed E-state index contributed by atoms with van der Waals surface area (Å²) in [6, 6.07) is 38.3. The van der Waals surface area contributed by atoms with E-state index >= 15 is 0 Å². The molecule has 12 aromatic rings. The van der Waals surface area contributed by atoms with Crippen LogP contribution in [0.5, 0.6) is 0 Å². The van der Waals surface area contributed by atoms with Crippen molar-refractivity contribution in [3.05, 3.63) is 276 Å². The van der Waals surface area contributed by atoms with Crippen molar-refractivity contribution in [1.29, 1.82) is 0 Å². The molecule has 650 valence electrons. The van der Waals surface area contributed by atoms with Crippen molar-refractivity contribution in [2.24, 2.45) is 11.3 Å². The van der Waals surface area contributed by atoms with Crippen molar-refractivity contribution in [3.8, 4) is 0 Å². The van der Waals surface area contributed by atoms with E-state index in [-0.39, 0.29) is 67.2 Å². The third kappa shape index (κ3) is 17.2. The van der Waals surface area contributed by atoms with Gasteiger partial charge in [-0.2, -0.15) is 0 Å². The van der Waals surface area contributed by atoms with E-state index in [1.165, 1.54) is 38.0 Å². The predicted octanol–water partition coefficient (Wildman–Crippen LogP) is 19.2. The van der Waals surface area contributed by atoms with Gasteiger partial charge in [0.15, 0.2) is 0 Å². The van der Waals surface area contributed by atoms with Crippen LogP contribution in [0.25, 0.3) is 33.1 Å². The summed E-state index contributed by atoms with van der Waals surface area (Å²) >= 11 is 0. The number of fused-ring (bicyclic) bond motifs is 6. The summed E-state index contributed by atoms with van der Waals surface area (Å²) in [4.78, 5) is 86.3. The highest BCUT2D eigenvalue weighted by Gasteiger charge is 2.42. The Kier molecular flexibility index (Phi) is 27.4. The number of carbonyl (C=O) groups excluding carboxylic acids is 6. The van der Waals surface area contributed by atoms with Gasteiger partial charge in [0.1, 0.15) is 16.6 Å². The topological polar surface area (TPSA) is 232 Å². The first-order chi connectivity index (χ1) is 58.6. The van der Waals surface area contributed by atoms with Crippen LogP contribution in [0, 0.1) is 115 Å². The van der Waals surface area contributed by atoms with Crippen LogP contribution >= 0.6 is 0 Å². The second-order valence-electron chi connectivity index (χ2n) is 34.8. The first-order valence-corrected chi connectivity index (χ1v) is 43.3. The van der Waals surface area contributed by atoms with E-state index < -0.39 is 11.3 Å². The Hall–Kier alpha value is -12.0. The third-order valence-corrected chi connectivity index (χ3v) is 27.4. The van der Waals surface area contributed by atoms with E-state index in [1.54, 1.807) is 0 Å². The standard InChI is InChI=1S/C35H42N4O3.C34H40N4O3.C33H38N4O3.CH4/c1-10-39-29-14-13-28(24(6)32(29)36-37-39)31(35(7,8)34(41)42-9)26-12-11-25-15-16-38(19-27(25)18-26)33(40)30-22(4)20(2)17-21(3)23(30)5;1-9-38-29-13-12-28(23(6)32(29)35-36-38)31(24(7)34(40)41-8)26-11-10-25-14-15-37(18-27(25)17-26)33(39)30-21(4)19(2)16-20(3)22(30)5;1-8-37-29-12-11-27(23(6)32(29)34-35-37)28(17-30(38)40-7)25-10-9-24-13-14-36(18-26(24)16-25)33(39)31-21(4)19(2)15-20(3)22(31)5;/h11-14,17-18,31H,10,15-16,19H2,1-9H3;10-13,16-17,24,31H,9,14-15,18H2,1-8H3;9-12,15-16,28H,8,13-14,17-18H2,1-7H3;1H4/t31-;24?,31-;28-;/m000./s1. The van der Waals surface area contributed by atoms with Crippen LogP contribution in [0.3, 0.4) is 0 Å². The fourth-order valence-electron chi connectivity index (χ4n) is 19.3. The molecular formula is C103H124N12O9. The van der Waals surface area contributed by atoms with Gasteiger partial charge < -0.3 is 28.9 Å². The van der Waals surface area contributed by atoms with Crippen LogP contribution in [0.15, 0.2) is 109 Å². The normalized spacial score (nSPS) is 14.1. The first-order valence-electron chi connectivity index (χ1n) is 43.3. The van der Waals surface area contributed by atoms with E-state index in [1.807, 2.05) is 131 Å². The summed E-state index contributed by atoms with van der Waals surface area (Å²) in [7, 11) is 4.30. The molecule has 0 fully saturated rings. The van der Waals surface area contributed by atoms with Crippen molar-refractivity contribution in [1.82, 2.24) is 59.7 Å². The second kappa shape index (κ2) is 37.2. The zero-order valence-corrected chi connectivity index (χ0v) is 76.4. The highest BCUT2D eigenvalue weighted by Crippen LogP contribution is 2.47. The van der Waals surface area contributed by atoms with E-state index in [2.05, 4.69) is 183 Å². The number of methoxy groups -OCH3 is 3. The number of aryl methyl sites for hydroxylation is 12. The molecule has 21 heteroatoms. The van der Waals surface area contributed by atoms with Crippen LogP contribution in [0.1, 0.15) is 254 Å². The maximum absolute atomic E-state index is 13.9. The maximum Gasteiger partial charge on any atom is 0.312 e. The summed E-state index contributed by atoms with van der Waals surface area (Å²) < 4.78 is 21.3. The fourth-order valence-corrected chi connectivity index (χ4v) is 19.3. The van der Waals surface area contributed by atoms with Crippen molar-refractivity contribution >= 4 is 68.7 Å². The number of benzene rings is 9. The maximum atomic E-state index is 13.9. The highest BCUT2D eigenvalue weighted by atomic mass is 16.5. The summed E-state index contributed by atoms with van der Waals surface area (Å²) in [5, 5.41) is 26.3. The minimum Gasteiger partial charge on any atom is -0.469 e. The molecule has 124 heavy (non-hydrogen) atoms. The first kappa shape index (κ1) is 91.2. The number of ether oxygens (including phenoxy) is 3. The quantitative estimate of drug-likeness (QED) is 0.0574. The molecule has 21 nitrogen and oxygen atoms in total. The van der Waals surface area contributed by atoms with Crippen molar-refractivity contribution < 1.29 is 43.0 Å². The molecule has 0 saturated heterocycles. The largest absolute Gasteiger partial charge is 0.469 e. The molecule has 0 aliphatic carbocycles. The Labute approximate surface area is 731 Å². The molecule has 0 bridgehead atoms. The van der Waals surface area contributed by atoms with Gasteiger partial charge in [0.2, 0.25) is 0 Å². The van der Waals surface area contributed by atoms with E-state index in [4.69, 9.17) is 14.2 Å². The highest BCUT2D eigenvalue weighted by molar-refractivity contribution is 6.00. The number of nitrogens with zero attached hydrogens (tertiary/aromatic N) is 12. The SMILES string of the molecule is C.CCn1nnc2c(C)c([C@@H](CC(=O)OC)c3ccc4c(c3)CN(C(=O)c3c(C)c(C)cc(C)c3C)CC4)ccc21.CCn1nnc2c(C)c([C@H](c3ccc4c(c3)CN(C(=O)c3c(C)c(C)cc(C)c3C)CC4)C(C)(C)C(=O)OC)ccc21.CCn1nnc2c(C)c([C@H](c3ccc4c(c3)CN(C(=O)c3c(C)c(C)cc(C)c3C)CC4)C(C)C(=O)OC)ccc21. The van der Waals surface area contributed by atoms with Crippen molar-refractivity contribution in [2.75, 3.05) is 41.0 Å². The Morgan fingerprint density at radius 2 is 0.718 bits per heavy atom. The van der Waals surface area contributed by atoms with Gasteiger partial charge >= 0.3 is 17.9 Å². The van der Waals surface area contributed by atoms with Gasteiger partial charge in [-0.3, -0.25) is 28.8 Å². The molecular weight excluding hydrogens is 1550 g/mol. The fraction of sp³-hybridized carbons (Fsp3) is 0.417. The van der Waals surface area contributed by atoms with Gasteiger partial charge in [0.25, 0.3) is 17.7 Å². The van der Waals surface area contributed by atoms with Gasteiger partial charge in [-0.1, -0.05) is 121 Å². The predicted molar refractivity (Wildman–Crippen MR) is 491 cm³/mol. The number of carbonyl (C=O) groups is 6. The lowest BCUT2D eigenvalue weighted by atomic mass is 9.69. The average molecular weight is 1670 g/mol. The monoisotopic (exact) mass is 1670 g/mol. The Balaban J connectivity index is 0.000000169. The number of hydrogen-bond donors (Lipinski definition) is 0. The summed E-state index contributed by atoms with van der Waals surface area (Å²) in [5.74, 6) is -1.70. The second-order valence-corrected chi connectivity index (χ2v) is 34.8. The van der Waals surface area contributed by atoms with Gasteiger partial charge in [-0.25, -0.2) is 14.0 Å². The summed E-state index contributed by atoms with van der Waals surface area (Å²) in [5.41, 5.74) is 36.5. The number of rotatable bonds is 18. The Bertz CT molecular complexity index is 6120. The van der Waals surface area contributed by atoms with E-state index in [0.717, 1.165) is 222 Å². The van der Waals surface area contributed by atoms with E-state index in [9.17, 15) is 28.8 Å². The Morgan fingerprint density at radius 3 is 1.08 bits per heavy atom.